The van der Waals surface area contributed by atoms with Crippen LogP contribution in [-0.4, -0.2) is 42.0 Å². The molecule has 0 saturated carbocycles. The zero-order chi connectivity index (χ0) is 20.1. The Kier molecular flexibility index (Phi) is 6.45. The zero-order valence-corrected chi connectivity index (χ0v) is 17.5. The molecule has 154 valence electrons. The third-order valence-electron chi connectivity index (χ3n) is 6.03. The molecule has 0 spiro atoms. The van der Waals surface area contributed by atoms with Crippen molar-refractivity contribution in [1.29, 1.82) is 0 Å². The minimum absolute atomic E-state index is 0.0537. The van der Waals surface area contributed by atoms with Gasteiger partial charge in [0.25, 0.3) is 5.91 Å². The van der Waals surface area contributed by atoms with E-state index in [2.05, 4.69) is 32.2 Å². The highest BCUT2D eigenvalue weighted by Crippen LogP contribution is 2.36. The molecule has 3 heterocycles. The number of benzene rings is 1. The number of pyridine rings is 1. The molecule has 0 bridgehead atoms. The van der Waals surface area contributed by atoms with E-state index < -0.39 is 0 Å². The van der Waals surface area contributed by atoms with Crippen molar-refractivity contribution >= 4 is 23.1 Å². The van der Waals surface area contributed by atoms with E-state index >= 15 is 0 Å². The number of likely N-dealkylation sites (tertiary alicyclic amines) is 1. The van der Waals surface area contributed by atoms with Gasteiger partial charge in [0.1, 0.15) is 0 Å². The van der Waals surface area contributed by atoms with E-state index in [9.17, 15) is 4.79 Å². The molecule has 5 heteroatoms. The molecular formula is C24H32N4O. The first-order valence-electron chi connectivity index (χ1n) is 11.1. The monoisotopic (exact) mass is 392 g/mol. The maximum absolute atomic E-state index is 12.8. The van der Waals surface area contributed by atoms with Crippen molar-refractivity contribution < 1.29 is 4.79 Å². The molecule has 2 aromatic rings. The normalized spacial score (nSPS) is 16.7. The van der Waals surface area contributed by atoms with Crippen LogP contribution >= 0.6 is 0 Å². The Morgan fingerprint density at radius 1 is 1.00 bits per heavy atom. The smallest absolute Gasteiger partial charge is 0.257 e. The maximum Gasteiger partial charge on any atom is 0.257 e. The van der Waals surface area contributed by atoms with Crippen molar-refractivity contribution in [3.05, 3.63) is 47.7 Å². The number of hydrogen-bond donors (Lipinski definition) is 1. The highest BCUT2D eigenvalue weighted by Gasteiger charge is 2.25. The summed E-state index contributed by atoms with van der Waals surface area (Å²) in [5, 5.41) is 3.03. The minimum Gasteiger partial charge on any atom is -0.324 e. The van der Waals surface area contributed by atoms with E-state index in [1.807, 2.05) is 25.1 Å². The van der Waals surface area contributed by atoms with E-state index in [-0.39, 0.29) is 5.91 Å². The number of rotatable bonds is 7. The fraction of sp³-hybridized carbons (Fsp3) is 0.500. The Hall–Kier alpha value is -2.40. The first-order chi connectivity index (χ1) is 14.2. The number of nitrogens with one attached hydrogen (secondary N) is 1. The van der Waals surface area contributed by atoms with Gasteiger partial charge in [0.2, 0.25) is 0 Å². The maximum atomic E-state index is 12.8. The van der Waals surface area contributed by atoms with E-state index in [1.165, 1.54) is 58.2 Å². The van der Waals surface area contributed by atoms with Gasteiger partial charge in [-0.3, -0.25) is 4.79 Å². The van der Waals surface area contributed by atoms with Crippen LogP contribution in [0.5, 0.6) is 0 Å². The number of anilines is 3. The predicted molar refractivity (Wildman–Crippen MR) is 119 cm³/mol. The van der Waals surface area contributed by atoms with Gasteiger partial charge in [-0.25, -0.2) is 4.98 Å². The van der Waals surface area contributed by atoms with Crippen LogP contribution in [0.3, 0.4) is 0 Å². The second kappa shape index (κ2) is 9.40. The minimum atomic E-state index is -0.0537. The van der Waals surface area contributed by atoms with E-state index in [0.717, 1.165) is 41.3 Å². The van der Waals surface area contributed by atoms with Crippen LogP contribution in [0.1, 0.15) is 60.9 Å². The van der Waals surface area contributed by atoms with Crippen LogP contribution in [0.2, 0.25) is 0 Å². The Morgan fingerprint density at radius 3 is 2.62 bits per heavy atom. The molecule has 1 aromatic heterocycles. The molecule has 1 saturated heterocycles. The van der Waals surface area contributed by atoms with E-state index in [4.69, 9.17) is 0 Å². The Morgan fingerprint density at radius 2 is 1.79 bits per heavy atom. The number of fused-ring (bicyclic) bond motifs is 2. The summed E-state index contributed by atoms with van der Waals surface area (Å²) in [7, 11) is 0. The third kappa shape index (κ3) is 4.78. The number of carbonyl (C=O) groups is 1. The second-order valence-electron chi connectivity index (χ2n) is 8.32. The quantitative estimate of drug-likeness (QED) is 0.663. The summed E-state index contributed by atoms with van der Waals surface area (Å²) in [4.78, 5) is 22.2. The molecule has 0 radical (unpaired) electrons. The lowest BCUT2D eigenvalue weighted by molar-refractivity contribution is 0.102. The SMILES string of the molecule is Cc1ccc2c(c1)C(=O)Nc1cccnc1N2CCCCCCN1CCCCC1. The molecule has 4 rings (SSSR count). The standard InChI is InChI=1S/C24H32N4O/c1-19-11-12-22-20(18-19)24(29)26-21-10-9-13-25-23(21)28(22)17-8-3-2-5-14-27-15-6-4-7-16-27/h9-13,18H,2-8,14-17H2,1H3,(H,26,29). The number of carbonyl (C=O) groups excluding carboxylic acids is 1. The van der Waals surface area contributed by atoms with Crippen molar-refractivity contribution in [3.63, 3.8) is 0 Å². The first-order valence-corrected chi connectivity index (χ1v) is 11.1. The van der Waals surface area contributed by atoms with Gasteiger partial charge in [-0.2, -0.15) is 0 Å². The number of aromatic nitrogens is 1. The molecule has 5 nitrogen and oxygen atoms in total. The van der Waals surface area contributed by atoms with Gasteiger partial charge >= 0.3 is 0 Å². The molecule has 0 unspecified atom stereocenters. The largest absolute Gasteiger partial charge is 0.324 e. The van der Waals surface area contributed by atoms with Crippen LogP contribution in [0, 0.1) is 6.92 Å². The molecule has 1 fully saturated rings. The summed E-state index contributed by atoms with van der Waals surface area (Å²) in [6, 6.07) is 9.92. The van der Waals surface area contributed by atoms with Crippen molar-refractivity contribution in [1.82, 2.24) is 9.88 Å². The lowest BCUT2D eigenvalue weighted by atomic mass is 10.1. The molecule has 1 N–H and O–H groups in total. The summed E-state index contributed by atoms with van der Waals surface area (Å²) in [6.45, 7) is 6.71. The Labute approximate surface area is 174 Å². The first kappa shape index (κ1) is 19.9. The molecule has 0 aliphatic carbocycles. The molecule has 0 atom stereocenters. The van der Waals surface area contributed by atoms with Gasteiger partial charge in [0.05, 0.1) is 16.9 Å². The van der Waals surface area contributed by atoms with Gasteiger partial charge in [-0.15, -0.1) is 0 Å². The number of amides is 1. The lowest BCUT2D eigenvalue weighted by Gasteiger charge is -2.26. The average molecular weight is 393 g/mol. The van der Waals surface area contributed by atoms with Crippen molar-refractivity contribution in [2.24, 2.45) is 0 Å². The summed E-state index contributed by atoms with van der Waals surface area (Å²) in [5.41, 5.74) is 3.57. The number of piperidine rings is 1. The molecule has 1 amide bonds. The van der Waals surface area contributed by atoms with Gasteiger partial charge in [0.15, 0.2) is 5.82 Å². The van der Waals surface area contributed by atoms with E-state index in [0.29, 0.717) is 0 Å². The molecule has 2 aliphatic heterocycles. The number of aryl methyl sites for hydroxylation is 1. The van der Waals surface area contributed by atoms with Gasteiger partial charge < -0.3 is 15.1 Å². The van der Waals surface area contributed by atoms with Crippen molar-refractivity contribution in [2.45, 2.75) is 51.9 Å². The van der Waals surface area contributed by atoms with Crippen LogP contribution in [0.15, 0.2) is 36.5 Å². The highest BCUT2D eigenvalue weighted by molar-refractivity contribution is 6.12. The van der Waals surface area contributed by atoms with Crippen LogP contribution < -0.4 is 10.2 Å². The summed E-state index contributed by atoms with van der Waals surface area (Å²) >= 11 is 0. The molecule has 1 aromatic carbocycles. The fourth-order valence-corrected chi connectivity index (χ4v) is 4.45. The van der Waals surface area contributed by atoms with E-state index in [1.54, 1.807) is 6.20 Å². The molecule has 29 heavy (non-hydrogen) atoms. The molecule has 2 aliphatic rings. The molecular weight excluding hydrogens is 360 g/mol. The summed E-state index contributed by atoms with van der Waals surface area (Å²) < 4.78 is 0. The summed E-state index contributed by atoms with van der Waals surface area (Å²) in [6.07, 6.45) is 10.8. The topological polar surface area (TPSA) is 48.5 Å². The van der Waals surface area contributed by atoms with Crippen LogP contribution in [0.4, 0.5) is 17.2 Å². The van der Waals surface area contributed by atoms with Crippen molar-refractivity contribution in [2.75, 3.05) is 36.4 Å². The highest BCUT2D eigenvalue weighted by atomic mass is 16.1. The van der Waals surface area contributed by atoms with Gasteiger partial charge in [-0.1, -0.05) is 30.9 Å². The average Bonchev–Trinajstić information content (AvgIpc) is 2.86. The van der Waals surface area contributed by atoms with Crippen LogP contribution in [-0.2, 0) is 0 Å². The summed E-state index contributed by atoms with van der Waals surface area (Å²) in [5.74, 6) is 0.791. The van der Waals surface area contributed by atoms with Crippen molar-refractivity contribution in [3.8, 4) is 0 Å². The second-order valence-corrected chi connectivity index (χ2v) is 8.32. The zero-order valence-electron chi connectivity index (χ0n) is 17.5. The van der Waals surface area contributed by atoms with Gasteiger partial charge in [-0.05, 0) is 76.5 Å². The fourth-order valence-electron chi connectivity index (χ4n) is 4.45. The lowest BCUT2D eigenvalue weighted by Crippen LogP contribution is -2.30. The third-order valence-corrected chi connectivity index (χ3v) is 6.03. The number of nitrogens with zero attached hydrogens (tertiary/aromatic N) is 3. The number of hydrogen-bond acceptors (Lipinski definition) is 4. The Balaban J connectivity index is 1.39. The predicted octanol–water partition coefficient (Wildman–Crippen LogP) is 5.14. The van der Waals surface area contributed by atoms with Gasteiger partial charge in [0, 0.05) is 12.7 Å². The number of unbranched alkanes of at least 4 members (excludes halogenated alkanes) is 3. The van der Waals surface area contributed by atoms with Crippen LogP contribution in [0.25, 0.3) is 0 Å². The Bertz CT molecular complexity index is 845.